The van der Waals surface area contributed by atoms with Crippen LogP contribution in [0, 0.1) is 0 Å². The van der Waals surface area contributed by atoms with Crippen molar-refractivity contribution in [2.75, 3.05) is 14.2 Å². The number of ketones is 1. The van der Waals surface area contributed by atoms with Gasteiger partial charge in [0.05, 0.1) is 25.6 Å². The highest BCUT2D eigenvalue weighted by molar-refractivity contribution is 6.36. The minimum atomic E-state index is -3.10. The molecule has 0 spiro atoms. The van der Waals surface area contributed by atoms with Crippen molar-refractivity contribution >= 4 is 19.0 Å². The number of hydrogen-bond donors (Lipinski definition) is 2. The number of benzene rings is 2. The third kappa shape index (κ3) is 5.20. The number of rotatable bonds is 9. The molecule has 2 heterocycles. The van der Waals surface area contributed by atoms with Crippen LogP contribution in [0.15, 0.2) is 78.9 Å². The summed E-state index contributed by atoms with van der Waals surface area (Å²) >= 11 is 0. The van der Waals surface area contributed by atoms with Gasteiger partial charge in [-0.2, -0.15) is 0 Å². The van der Waals surface area contributed by atoms with E-state index in [0.29, 0.717) is 22.9 Å². The van der Waals surface area contributed by atoms with Crippen molar-refractivity contribution in [3.05, 3.63) is 90.3 Å². The average molecular weight is 462 g/mol. The Morgan fingerprint density at radius 1 is 0.794 bits per heavy atom. The van der Waals surface area contributed by atoms with Crippen molar-refractivity contribution in [3.63, 3.8) is 0 Å². The first kappa shape index (κ1) is 22.9. The smallest absolute Gasteiger partial charge is 0.503 e. The SMILES string of the molecule is COc1cccc(-c2ccc(C(=O)/C=C(\OB(F)F)c3ccc(-c4cccc(OC)c4)[nH]3)[nH]2)c1. The van der Waals surface area contributed by atoms with E-state index in [1.54, 1.807) is 50.6 Å². The number of methoxy groups -OCH3 is 2. The number of carbonyl (C=O) groups excluding carboxylic acids is 1. The molecule has 0 aliphatic rings. The molecule has 0 atom stereocenters. The molecule has 2 N–H and O–H groups in total. The summed E-state index contributed by atoms with van der Waals surface area (Å²) in [5.41, 5.74) is 3.43. The Bertz CT molecular complexity index is 1330. The summed E-state index contributed by atoms with van der Waals surface area (Å²) in [5, 5.41) is 0. The fourth-order valence-electron chi connectivity index (χ4n) is 3.46. The number of halogens is 2. The van der Waals surface area contributed by atoms with Crippen LogP contribution >= 0.6 is 0 Å². The van der Waals surface area contributed by atoms with Gasteiger partial charge in [-0.15, -0.1) is 0 Å². The minimum absolute atomic E-state index is 0.229. The Kier molecular flexibility index (Phi) is 6.82. The van der Waals surface area contributed by atoms with Crippen LogP contribution in [0.4, 0.5) is 8.63 Å². The van der Waals surface area contributed by atoms with Crippen molar-refractivity contribution in [1.29, 1.82) is 0 Å². The summed E-state index contributed by atoms with van der Waals surface area (Å²) in [6.07, 6.45) is 1.04. The molecule has 2 aromatic heterocycles. The molecule has 4 rings (SSSR count). The van der Waals surface area contributed by atoms with Gasteiger partial charge >= 0.3 is 7.47 Å². The van der Waals surface area contributed by atoms with Gasteiger partial charge in [-0.05, 0) is 48.5 Å². The zero-order chi connectivity index (χ0) is 24.1. The molecule has 34 heavy (non-hydrogen) atoms. The van der Waals surface area contributed by atoms with Crippen LogP contribution < -0.4 is 9.47 Å². The standard InChI is InChI=1S/C25H21BF2N2O4/c1-32-18-7-3-5-16(13-18)20-9-11-22(29-20)24(31)15-25(34-26(27)28)23-12-10-21(30-23)17-6-4-8-19(14-17)33-2/h3-15,29-30H,1-2H3/b25-15-. The van der Waals surface area contributed by atoms with E-state index in [4.69, 9.17) is 9.47 Å². The van der Waals surface area contributed by atoms with E-state index in [2.05, 4.69) is 14.6 Å². The number of aromatic amines is 2. The second-order valence-electron chi connectivity index (χ2n) is 7.29. The Labute approximate surface area is 195 Å². The third-order valence-electron chi connectivity index (χ3n) is 5.14. The molecule has 6 nitrogen and oxygen atoms in total. The number of H-pyrrole nitrogens is 2. The molecule has 0 amide bonds. The Balaban J connectivity index is 1.61. The number of aromatic nitrogens is 2. The molecule has 9 heteroatoms. The predicted octanol–water partition coefficient (Wildman–Crippen LogP) is 5.86. The van der Waals surface area contributed by atoms with E-state index < -0.39 is 13.3 Å². The average Bonchev–Trinajstić information content (AvgIpc) is 3.54. The Hall–Kier alpha value is -4.27. The summed E-state index contributed by atoms with van der Waals surface area (Å²) < 4.78 is 41.4. The van der Waals surface area contributed by atoms with E-state index in [1.807, 2.05) is 36.4 Å². The zero-order valence-electron chi connectivity index (χ0n) is 18.5. The number of hydrogen-bond acceptors (Lipinski definition) is 4. The lowest BCUT2D eigenvalue weighted by molar-refractivity contribution is 0.104. The largest absolute Gasteiger partial charge is 0.796 e. The van der Waals surface area contributed by atoms with E-state index in [1.165, 1.54) is 0 Å². The highest BCUT2D eigenvalue weighted by atomic mass is 19.2. The Morgan fingerprint density at radius 2 is 1.32 bits per heavy atom. The molecule has 0 fully saturated rings. The molecule has 0 bridgehead atoms. The topological polar surface area (TPSA) is 76.3 Å². The molecular weight excluding hydrogens is 441 g/mol. The van der Waals surface area contributed by atoms with Crippen LogP contribution in [-0.4, -0.2) is 37.4 Å². The van der Waals surface area contributed by atoms with Gasteiger partial charge in [-0.25, -0.2) is 8.63 Å². The number of nitrogens with one attached hydrogen (secondary N) is 2. The summed E-state index contributed by atoms with van der Waals surface area (Å²) in [7, 11) is 0.0274. The van der Waals surface area contributed by atoms with Crippen molar-refractivity contribution < 1.29 is 27.6 Å². The van der Waals surface area contributed by atoms with Gasteiger partial charge in [0.1, 0.15) is 17.3 Å². The summed E-state index contributed by atoms with van der Waals surface area (Å²) in [4.78, 5) is 18.9. The first-order valence-corrected chi connectivity index (χ1v) is 10.3. The van der Waals surface area contributed by atoms with Crippen molar-refractivity contribution in [2.24, 2.45) is 0 Å². The molecule has 0 aliphatic heterocycles. The molecule has 0 aliphatic carbocycles. The second-order valence-corrected chi connectivity index (χ2v) is 7.29. The fraction of sp³-hybridized carbons (Fsp3) is 0.0800. The van der Waals surface area contributed by atoms with Crippen LogP contribution in [0.2, 0.25) is 0 Å². The maximum Gasteiger partial charge on any atom is 0.796 e. The fourth-order valence-corrected chi connectivity index (χ4v) is 3.46. The van der Waals surface area contributed by atoms with E-state index in [9.17, 15) is 13.4 Å². The first-order chi connectivity index (χ1) is 16.5. The van der Waals surface area contributed by atoms with Gasteiger partial charge in [0, 0.05) is 28.6 Å². The number of allylic oxidation sites excluding steroid dienone is 1. The summed E-state index contributed by atoms with van der Waals surface area (Å²) in [6.45, 7) is 0. The quantitative estimate of drug-likeness (QED) is 0.141. The number of carbonyl (C=O) groups is 1. The first-order valence-electron chi connectivity index (χ1n) is 10.3. The maximum absolute atomic E-state index is 13.1. The second kappa shape index (κ2) is 10.1. The Morgan fingerprint density at radius 3 is 1.85 bits per heavy atom. The predicted molar refractivity (Wildman–Crippen MR) is 127 cm³/mol. The van der Waals surface area contributed by atoms with E-state index in [0.717, 1.165) is 17.2 Å². The zero-order valence-corrected chi connectivity index (χ0v) is 18.5. The highest BCUT2D eigenvalue weighted by Gasteiger charge is 2.22. The molecule has 172 valence electrons. The van der Waals surface area contributed by atoms with Gasteiger partial charge in [0.2, 0.25) is 5.78 Å². The van der Waals surface area contributed by atoms with Gasteiger partial charge in [0.15, 0.2) is 0 Å². The van der Waals surface area contributed by atoms with Gasteiger partial charge in [-0.1, -0.05) is 24.3 Å². The van der Waals surface area contributed by atoms with Crippen LogP contribution in [0.25, 0.3) is 28.3 Å². The van der Waals surface area contributed by atoms with E-state index >= 15 is 0 Å². The van der Waals surface area contributed by atoms with E-state index in [-0.39, 0.29) is 17.1 Å². The van der Waals surface area contributed by atoms with Crippen LogP contribution in [0.5, 0.6) is 11.5 Å². The van der Waals surface area contributed by atoms with Crippen LogP contribution in [0.1, 0.15) is 16.2 Å². The van der Waals surface area contributed by atoms with Crippen molar-refractivity contribution in [1.82, 2.24) is 9.97 Å². The van der Waals surface area contributed by atoms with Gasteiger partial charge in [0.25, 0.3) is 0 Å². The van der Waals surface area contributed by atoms with Crippen LogP contribution in [-0.2, 0) is 4.65 Å². The van der Waals surface area contributed by atoms with Crippen LogP contribution in [0.3, 0.4) is 0 Å². The molecule has 4 aromatic rings. The third-order valence-corrected chi connectivity index (χ3v) is 5.14. The lowest BCUT2D eigenvalue weighted by atomic mass is 10.1. The molecule has 0 saturated heterocycles. The number of ether oxygens (including phenoxy) is 2. The summed E-state index contributed by atoms with van der Waals surface area (Å²) in [6, 6.07) is 21.2. The summed E-state index contributed by atoms with van der Waals surface area (Å²) in [5.74, 6) is 0.544. The monoisotopic (exact) mass is 462 g/mol. The molecular formula is C25H21BF2N2O4. The normalized spacial score (nSPS) is 11.2. The van der Waals surface area contributed by atoms with Gasteiger partial charge in [-0.3, -0.25) is 4.79 Å². The maximum atomic E-state index is 13.1. The lowest BCUT2D eigenvalue weighted by Gasteiger charge is -2.07. The van der Waals surface area contributed by atoms with Gasteiger partial charge < -0.3 is 24.1 Å². The van der Waals surface area contributed by atoms with Crippen molar-refractivity contribution in [3.8, 4) is 34.0 Å². The molecule has 0 saturated carbocycles. The molecule has 0 unspecified atom stereocenters. The van der Waals surface area contributed by atoms with Crippen molar-refractivity contribution in [2.45, 2.75) is 0 Å². The minimum Gasteiger partial charge on any atom is -0.503 e. The molecule has 0 radical (unpaired) electrons. The lowest BCUT2D eigenvalue weighted by Crippen LogP contribution is -2.07. The molecule has 2 aromatic carbocycles. The highest BCUT2D eigenvalue weighted by Crippen LogP contribution is 2.27.